The highest BCUT2D eigenvalue weighted by molar-refractivity contribution is 14.1. The molecule has 1 fully saturated rings. The van der Waals surface area contributed by atoms with Gasteiger partial charge in [0.25, 0.3) is 0 Å². The molecule has 1 aliphatic heterocycles. The third-order valence-corrected chi connectivity index (χ3v) is 3.64. The quantitative estimate of drug-likeness (QED) is 0.662. The van der Waals surface area contributed by atoms with E-state index < -0.39 is 0 Å². The summed E-state index contributed by atoms with van der Waals surface area (Å²) in [6.07, 6.45) is 0.408. The maximum atomic E-state index is 11.8. The third kappa shape index (κ3) is 3.22. The van der Waals surface area contributed by atoms with E-state index in [1.165, 1.54) is 6.92 Å². The van der Waals surface area contributed by atoms with Gasteiger partial charge in [0.15, 0.2) is 0 Å². The molecule has 96 valence electrons. The Morgan fingerprint density at radius 3 is 2.72 bits per heavy atom. The van der Waals surface area contributed by atoms with Gasteiger partial charge in [-0.25, -0.2) is 0 Å². The zero-order valence-electron chi connectivity index (χ0n) is 9.98. The molecule has 0 saturated carbocycles. The van der Waals surface area contributed by atoms with Crippen LogP contribution in [-0.2, 0) is 14.3 Å². The van der Waals surface area contributed by atoms with Crippen LogP contribution in [-0.4, -0.2) is 24.5 Å². The van der Waals surface area contributed by atoms with Crippen LogP contribution in [0.25, 0.3) is 0 Å². The van der Waals surface area contributed by atoms with Crippen molar-refractivity contribution in [2.24, 2.45) is 0 Å². The van der Waals surface area contributed by atoms with Crippen LogP contribution in [0, 0.1) is 3.57 Å². The van der Waals surface area contributed by atoms with Crippen molar-refractivity contribution in [1.82, 2.24) is 5.32 Å². The molecule has 1 aromatic carbocycles. The Hall–Kier alpha value is -1.11. The van der Waals surface area contributed by atoms with Crippen molar-refractivity contribution in [3.8, 4) is 0 Å². The molecule has 1 N–H and O–H groups in total. The van der Waals surface area contributed by atoms with Crippen LogP contribution in [0.15, 0.2) is 24.3 Å². The van der Waals surface area contributed by atoms with Crippen molar-refractivity contribution in [2.75, 3.05) is 6.54 Å². The lowest BCUT2D eigenvalue weighted by Crippen LogP contribution is -2.30. The van der Waals surface area contributed by atoms with Gasteiger partial charge in [0, 0.05) is 16.9 Å². The number of carbonyl (C=O) groups excluding carboxylic acids is 2. The minimum Gasteiger partial charge on any atom is -0.460 e. The minimum atomic E-state index is -0.217. The van der Waals surface area contributed by atoms with Gasteiger partial charge in [-0.2, -0.15) is 0 Å². The summed E-state index contributed by atoms with van der Waals surface area (Å²) in [6, 6.07) is 7.86. The van der Waals surface area contributed by atoms with Crippen molar-refractivity contribution in [1.29, 1.82) is 0 Å². The van der Waals surface area contributed by atoms with Gasteiger partial charge >= 0.3 is 5.97 Å². The van der Waals surface area contributed by atoms with Crippen LogP contribution in [0.3, 0.4) is 0 Å². The number of rotatable bonds is 3. The van der Waals surface area contributed by atoms with E-state index in [-0.39, 0.29) is 23.9 Å². The van der Waals surface area contributed by atoms with Gasteiger partial charge in [-0.3, -0.25) is 9.59 Å². The highest BCUT2D eigenvalue weighted by Crippen LogP contribution is 2.30. The van der Waals surface area contributed by atoms with Gasteiger partial charge in [0.2, 0.25) is 5.91 Å². The molecular formula is C13H14INO3. The average Bonchev–Trinajstić information content (AvgIpc) is 2.69. The number of nitrogens with one attached hydrogen (secondary N) is 1. The topological polar surface area (TPSA) is 55.4 Å². The summed E-state index contributed by atoms with van der Waals surface area (Å²) >= 11 is 2.23. The Balaban J connectivity index is 2.00. The van der Waals surface area contributed by atoms with Crippen molar-refractivity contribution in [3.05, 3.63) is 33.4 Å². The lowest BCUT2D eigenvalue weighted by atomic mass is 9.96. The molecule has 0 radical (unpaired) electrons. The normalized spacial score (nSPS) is 22.7. The predicted octanol–water partition coefficient (Wildman–Crippen LogP) is 1.83. The maximum Gasteiger partial charge on any atom is 0.313 e. The second-order valence-corrected chi connectivity index (χ2v) is 5.58. The number of hydrogen-bond donors (Lipinski definition) is 1. The summed E-state index contributed by atoms with van der Waals surface area (Å²) in [5.41, 5.74) is 0.978. The lowest BCUT2D eigenvalue weighted by molar-refractivity contribution is -0.142. The molecule has 4 nitrogen and oxygen atoms in total. The second kappa shape index (κ2) is 5.69. The first-order chi connectivity index (χ1) is 8.56. The molecule has 1 heterocycles. The first-order valence-electron chi connectivity index (χ1n) is 5.76. The lowest BCUT2D eigenvalue weighted by Gasteiger charge is -2.08. The van der Waals surface area contributed by atoms with Crippen LogP contribution in [0.1, 0.15) is 24.8 Å². The Morgan fingerprint density at radius 1 is 1.44 bits per heavy atom. The zero-order chi connectivity index (χ0) is 13.1. The third-order valence-electron chi connectivity index (χ3n) is 2.92. The molecule has 0 spiro atoms. The molecular weight excluding hydrogens is 345 g/mol. The fraction of sp³-hybridized carbons (Fsp3) is 0.385. The molecule has 5 heteroatoms. The molecule has 1 saturated heterocycles. The maximum absolute atomic E-state index is 11.8. The van der Waals surface area contributed by atoms with Crippen molar-refractivity contribution >= 4 is 34.5 Å². The van der Waals surface area contributed by atoms with Crippen LogP contribution in [0.4, 0.5) is 0 Å². The molecule has 1 amide bonds. The van der Waals surface area contributed by atoms with Crippen LogP contribution < -0.4 is 5.32 Å². The fourth-order valence-electron chi connectivity index (χ4n) is 2.00. The van der Waals surface area contributed by atoms with Crippen molar-refractivity contribution in [2.45, 2.75) is 25.4 Å². The SMILES string of the molecule is CC(=O)NC[C@H]1CC(c2ccc(I)cc2)C(=O)O1. The minimum absolute atomic E-state index is 0.108. The number of esters is 1. The molecule has 1 unspecified atom stereocenters. The van der Waals surface area contributed by atoms with Crippen LogP contribution in [0.5, 0.6) is 0 Å². The van der Waals surface area contributed by atoms with E-state index in [1.807, 2.05) is 24.3 Å². The van der Waals surface area contributed by atoms with Gasteiger partial charge in [-0.05, 0) is 40.3 Å². The first kappa shape index (κ1) is 13.3. The molecule has 0 bridgehead atoms. The van der Waals surface area contributed by atoms with E-state index >= 15 is 0 Å². The summed E-state index contributed by atoms with van der Waals surface area (Å²) in [6.45, 7) is 1.84. The molecule has 2 atom stereocenters. The molecule has 2 rings (SSSR count). The fourth-order valence-corrected chi connectivity index (χ4v) is 2.36. The van der Waals surface area contributed by atoms with Gasteiger partial charge in [0.05, 0.1) is 12.5 Å². The standard InChI is InChI=1S/C13H14INO3/c1-8(16)15-7-11-6-12(13(17)18-11)9-2-4-10(14)5-3-9/h2-5,11-12H,6-7H2,1H3,(H,15,16)/t11-,12?/m1/s1. The van der Waals surface area contributed by atoms with Crippen LogP contribution >= 0.6 is 22.6 Å². The second-order valence-electron chi connectivity index (χ2n) is 4.34. The van der Waals surface area contributed by atoms with Gasteiger partial charge < -0.3 is 10.1 Å². The van der Waals surface area contributed by atoms with Gasteiger partial charge in [-0.1, -0.05) is 12.1 Å². The number of ether oxygens (including phenoxy) is 1. The number of carbonyl (C=O) groups is 2. The summed E-state index contributed by atoms with van der Waals surface area (Å²) in [5.74, 6) is -0.518. The largest absolute Gasteiger partial charge is 0.460 e. The van der Waals surface area contributed by atoms with E-state index in [1.54, 1.807) is 0 Å². The average molecular weight is 359 g/mol. The number of benzene rings is 1. The number of hydrogen-bond acceptors (Lipinski definition) is 3. The summed E-state index contributed by atoms with van der Waals surface area (Å²) < 4.78 is 6.39. The van der Waals surface area contributed by atoms with Gasteiger partial charge in [-0.15, -0.1) is 0 Å². The summed E-state index contributed by atoms with van der Waals surface area (Å²) in [4.78, 5) is 22.6. The highest BCUT2D eigenvalue weighted by atomic mass is 127. The monoisotopic (exact) mass is 359 g/mol. The first-order valence-corrected chi connectivity index (χ1v) is 6.84. The highest BCUT2D eigenvalue weighted by Gasteiger charge is 2.35. The van der Waals surface area contributed by atoms with Crippen LogP contribution in [0.2, 0.25) is 0 Å². The Kier molecular flexibility index (Phi) is 4.21. The smallest absolute Gasteiger partial charge is 0.313 e. The Morgan fingerprint density at radius 2 is 2.11 bits per heavy atom. The van der Waals surface area contributed by atoms with E-state index in [0.717, 1.165) is 9.13 Å². The molecule has 1 aliphatic rings. The van der Waals surface area contributed by atoms with E-state index in [2.05, 4.69) is 27.9 Å². The van der Waals surface area contributed by atoms with E-state index in [4.69, 9.17) is 4.74 Å². The Bertz CT molecular complexity index is 458. The molecule has 0 aromatic heterocycles. The van der Waals surface area contributed by atoms with E-state index in [9.17, 15) is 9.59 Å². The summed E-state index contributed by atoms with van der Waals surface area (Å²) in [7, 11) is 0. The van der Waals surface area contributed by atoms with Crippen molar-refractivity contribution < 1.29 is 14.3 Å². The van der Waals surface area contributed by atoms with Gasteiger partial charge in [0.1, 0.15) is 6.10 Å². The molecule has 18 heavy (non-hydrogen) atoms. The predicted molar refractivity (Wildman–Crippen MR) is 75.1 cm³/mol. The number of cyclic esters (lactones) is 1. The molecule has 0 aliphatic carbocycles. The van der Waals surface area contributed by atoms with E-state index in [0.29, 0.717) is 13.0 Å². The van der Waals surface area contributed by atoms with Crippen molar-refractivity contribution in [3.63, 3.8) is 0 Å². The molecule has 1 aromatic rings. The zero-order valence-corrected chi connectivity index (χ0v) is 12.1. The summed E-state index contributed by atoms with van der Waals surface area (Å²) in [5, 5.41) is 2.67. The number of amides is 1. The number of halogens is 1. The Labute approximate surface area is 119 Å².